The van der Waals surface area contributed by atoms with E-state index in [0.717, 1.165) is 10.0 Å². The van der Waals surface area contributed by atoms with Gasteiger partial charge in [-0.1, -0.05) is 11.6 Å². The minimum absolute atomic E-state index is 0.0465. The Balaban J connectivity index is 2.83. The van der Waals surface area contributed by atoms with E-state index < -0.39 is 0 Å². The Kier molecular flexibility index (Phi) is 4.10. The Labute approximate surface area is 91.3 Å². The third-order valence-corrected chi connectivity index (χ3v) is 2.46. The van der Waals surface area contributed by atoms with Gasteiger partial charge in [0, 0.05) is 11.0 Å². The lowest BCUT2D eigenvalue weighted by Crippen LogP contribution is -2.26. The van der Waals surface area contributed by atoms with E-state index in [9.17, 15) is 4.79 Å². The van der Waals surface area contributed by atoms with Gasteiger partial charge in [-0.2, -0.15) is 0 Å². The molecule has 0 saturated carbocycles. The molecule has 0 unspecified atom stereocenters. The predicted octanol–water partition coefficient (Wildman–Crippen LogP) is 1.48. The fourth-order valence-corrected chi connectivity index (χ4v) is 1.50. The number of carbonyl (C=O) groups is 1. The monoisotopic (exact) mass is 257 g/mol. The van der Waals surface area contributed by atoms with E-state index in [-0.39, 0.29) is 19.1 Å². The summed E-state index contributed by atoms with van der Waals surface area (Å²) in [5.74, 6) is -0.172. The van der Waals surface area contributed by atoms with Gasteiger partial charge in [-0.15, -0.1) is 0 Å². The normalized spacial score (nSPS) is 9.93. The first-order valence-corrected chi connectivity index (χ1v) is 5.09. The van der Waals surface area contributed by atoms with Gasteiger partial charge in [-0.3, -0.25) is 4.79 Å². The fourth-order valence-electron chi connectivity index (χ4n) is 1.08. The van der Waals surface area contributed by atoms with Crippen molar-refractivity contribution < 1.29 is 9.90 Å². The molecule has 0 aliphatic carbocycles. The number of amides is 1. The molecule has 1 aromatic rings. The molecule has 0 aliphatic heterocycles. The van der Waals surface area contributed by atoms with Gasteiger partial charge in [0.15, 0.2) is 0 Å². The molecule has 0 radical (unpaired) electrons. The summed E-state index contributed by atoms with van der Waals surface area (Å²) in [7, 11) is 0. The highest BCUT2D eigenvalue weighted by atomic mass is 79.9. The highest BCUT2D eigenvalue weighted by molar-refractivity contribution is 9.10. The van der Waals surface area contributed by atoms with Crippen LogP contribution in [0, 0.1) is 6.92 Å². The number of carbonyl (C=O) groups excluding carboxylic acids is 1. The molecule has 1 aromatic carbocycles. The Morgan fingerprint density at radius 1 is 1.57 bits per heavy atom. The summed E-state index contributed by atoms with van der Waals surface area (Å²) in [6.07, 6.45) is 0. The van der Waals surface area contributed by atoms with Crippen molar-refractivity contribution in [3.05, 3.63) is 33.8 Å². The minimum Gasteiger partial charge on any atom is -0.395 e. The predicted molar refractivity (Wildman–Crippen MR) is 58.3 cm³/mol. The van der Waals surface area contributed by atoms with Crippen LogP contribution in [0.15, 0.2) is 22.7 Å². The van der Waals surface area contributed by atoms with Crippen LogP contribution in [0.2, 0.25) is 0 Å². The largest absolute Gasteiger partial charge is 0.395 e. The number of halogens is 1. The van der Waals surface area contributed by atoms with Gasteiger partial charge in [-0.25, -0.2) is 0 Å². The van der Waals surface area contributed by atoms with Crippen LogP contribution in [0.25, 0.3) is 0 Å². The van der Waals surface area contributed by atoms with Crippen LogP contribution in [-0.2, 0) is 0 Å². The third-order valence-electron chi connectivity index (χ3n) is 1.76. The quantitative estimate of drug-likeness (QED) is 0.862. The molecule has 1 rings (SSSR count). The highest BCUT2D eigenvalue weighted by Crippen LogP contribution is 2.17. The van der Waals surface area contributed by atoms with Crippen molar-refractivity contribution in [2.45, 2.75) is 6.92 Å². The fraction of sp³-hybridized carbons (Fsp3) is 0.300. The van der Waals surface area contributed by atoms with Crippen LogP contribution in [-0.4, -0.2) is 24.2 Å². The van der Waals surface area contributed by atoms with Crippen LogP contribution in [0.1, 0.15) is 15.9 Å². The number of aliphatic hydroxyl groups is 1. The second-order valence-corrected chi connectivity index (χ2v) is 3.82. The Bertz CT molecular complexity index is 339. The Morgan fingerprint density at radius 3 is 2.93 bits per heavy atom. The van der Waals surface area contributed by atoms with Crippen molar-refractivity contribution in [3.8, 4) is 0 Å². The maximum Gasteiger partial charge on any atom is 0.252 e. The zero-order chi connectivity index (χ0) is 10.6. The van der Waals surface area contributed by atoms with Crippen LogP contribution >= 0.6 is 15.9 Å². The first kappa shape index (κ1) is 11.2. The van der Waals surface area contributed by atoms with Gasteiger partial charge >= 0.3 is 0 Å². The lowest BCUT2D eigenvalue weighted by atomic mass is 10.1. The zero-order valence-electron chi connectivity index (χ0n) is 7.88. The average Bonchev–Trinajstić information content (AvgIpc) is 2.18. The first-order chi connectivity index (χ1) is 6.65. The van der Waals surface area contributed by atoms with E-state index in [1.807, 2.05) is 19.1 Å². The molecule has 0 saturated heterocycles. The summed E-state index contributed by atoms with van der Waals surface area (Å²) in [5, 5.41) is 11.2. The summed E-state index contributed by atoms with van der Waals surface area (Å²) in [6.45, 7) is 2.16. The minimum atomic E-state index is -0.172. The molecule has 0 aromatic heterocycles. The van der Waals surface area contributed by atoms with Crippen molar-refractivity contribution in [1.29, 1.82) is 0 Å². The number of benzene rings is 1. The standard InChI is InChI=1S/C10H12BrNO2/c1-7-2-3-9(11)8(6-7)10(14)12-4-5-13/h2-3,6,13H,4-5H2,1H3,(H,12,14). The second kappa shape index (κ2) is 5.12. The molecule has 0 fully saturated rings. The SMILES string of the molecule is Cc1ccc(Br)c(C(=O)NCCO)c1. The topological polar surface area (TPSA) is 49.3 Å². The highest BCUT2D eigenvalue weighted by Gasteiger charge is 2.08. The molecule has 0 bridgehead atoms. The third kappa shape index (κ3) is 2.82. The number of hydrogen-bond acceptors (Lipinski definition) is 2. The molecule has 1 amide bonds. The summed E-state index contributed by atoms with van der Waals surface area (Å²) in [4.78, 5) is 11.5. The summed E-state index contributed by atoms with van der Waals surface area (Å²) in [6, 6.07) is 5.56. The van der Waals surface area contributed by atoms with Crippen LogP contribution in [0.4, 0.5) is 0 Å². The molecule has 3 nitrogen and oxygen atoms in total. The molecule has 14 heavy (non-hydrogen) atoms. The number of rotatable bonds is 3. The van der Waals surface area contributed by atoms with Crippen LogP contribution in [0.5, 0.6) is 0 Å². The van der Waals surface area contributed by atoms with E-state index >= 15 is 0 Å². The van der Waals surface area contributed by atoms with Gasteiger partial charge in [-0.05, 0) is 35.0 Å². The molecule has 2 N–H and O–H groups in total. The van der Waals surface area contributed by atoms with E-state index in [1.165, 1.54) is 0 Å². The molecule has 4 heteroatoms. The van der Waals surface area contributed by atoms with Gasteiger partial charge in [0.2, 0.25) is 0 Å². The van der Waals surface area contributed by atoms with Crippen molar-refractivity contribution in [2.75, 3.05) is 13.2 Å². The molecule has 0 heterocycles. The van der Waals surface area contributed by atoms with Crippen LogP contribution < -0.4 is 5.32 Å². The second-order valence-electron chi connectivity index (χ2n) is 2.96. The average molecular weight is 258 g/mol. The van der Waals surface area contributed by atoms with Gasteiger partial charge in [0.25, 0.3) is 5.91 Å². The number of nitrogens with one attached hydrogen (secondary N) is 1. The first-order valence-electron chi connectivity index (χ1n) is 4.30. The number of aliphatic hydroxyl groups excluding tert-OH is 1. The molecular formula is C10H12BrNO2. The van der Waals surface area contributed by atoms with Crippen molar-refractivity contribution in [2.24, 2.45) is 0 Å². The number of aryl methyl sites for hydroxylation is 1. The van der Waals surface area contributed by atoms with E-state index in [2.05, 4.69) is 21.2 Å². The molecule has 76 valence electrons. The van der Waals surface area contributed by atoms with Gasteiger partial charge in [0.1, 0.15) is 0 Å². The summed E-state index contributed by atoms with van der Waals surface area (Å²) in [5.41, 5.74) is 1.63. The van der Waals surface area contributed by atoms with Gasteiger partial charge in [0.05, 0.1) is 12.2 Å². The molecule has 0 spiro atoms. The summed E-state index contributed by atoms with van der Waals surface area (Å²) < 4.78 is 0.763. The summed E-state index contributed by atoms with van der Waals surface area (Å²) >= 11 is 3.30. The number of hydrogen-bond donors (Lipinski definition) is 2. The molecule has 0 aliphatic rings. The van der Waals surface area contributed by atoms with E-state index in [1.54, 1.807) is 6.07 Å². The molecule has 0 atom stereocenters. The van der Waals surface area contributed by atoms with Crippen molar-refractivity contribution >= 4 is 21.8 Å². The van der Waals surface area contributed by atoms with Crippen molar-refractivity contribution in [1.82, 2.24) is 5.32 Å². The lowest BCUT2D eigenvalue weighted by Gasteiger charge is -2.06. The zero-order valence-corrected chi connectivity index (χ0v) is 9.47. The maximum absolute atomic E-state index is 11.5. The van der Waals surface area contributed by atoms with Crippen molar-refractivity contribution in [3.63, 3.8) is 0 Å². The Hall–Kier alpha value is -0.870. The van der Waals surface area contributed by atoms with Gasteiger partial charge < -0.3 is 10.4 Å². The van der Waals surface area contributed by atoms with E-state index in [4.69, 9.17) is 5.11 Å². The Morgan fingerprint density at radius 2 is 2.29 bits per heavy atom. The lowest BCUT2D eigenvalue weighted by molar-refractivity contribution is 0.0944. The maximum atomic E-state index is 11.5. The molecular weight excluding hydrogens is 246 g/mol. The van der Waals surface area contributed by atoms with E-state index in [0.29, 0.717) is 5.56 Å². The van der Waals surface area contributed by atoms with Crippen LogP contribution in [0.3, 0.4) is 0 Å². The smallest absolute Gasteiger partial charge is 0.252 e.